The third-order valence-corrected chi connectivity index (χ3v) is 4.86. The zero-order valence-electron chi connectivity index (χ0n) is 13.5. The van der Waals surface area contributed by atoms with Gasteiger partial charge in [-0.05, 0) is 25.0 Å². The second-order valence-corrected chi connectivity index (χ2v) is 6.32. The quantitative estimate of drug-likeness (QED) is 0.894. The summed E-state index contributed by atoms with van der Waals surface area (Å²) in [5, 5.41) is 15.7. The molecule has 2 aromatic rings. The second kappa shape index (κ2) is 5.70. The molecule has 25 heavy (non-hydrogen) atoms. The molecule has 126 valence electrons. The maximum Gasteiger partial charge on any atom is 0.252 e. The van der Waals surface area contributed by atoms with Gasteiger partial charge in [0, 0.05) is 0 Å². The first kappa shape index (κ1) is 15.3. The Morgan fingerprint density at radius 1 is 1.32 bits per heavy atom. The van der Waals surface area contributed by atoms with Gasteiger partial charge in [0.25, 0.3) is 11.7 Å². The molecule has 2 aliphatic rings. The Bertz CT molecular complexity index is 891. The van der Waals surface area contributed by atoms with E-state index in [0.717, 1.165) is 12.8 Å². The molecule has 1 aromatic heterocycles. The summed E-state index contributed by atoms with van der Waals surface area (Å²) < 4.78 is 1.33. The molecule has 8 nitrogen and oxygen atoms in total. The highest BCUT2D eigenvalue weighted by Crippen LogP contribution is 2.45. The minimum atomic E-state index is -0.843. The van der Waals surface area contributed by atoms with Crippen LogP contribution in [0.1, 0.15) is 31.5 Å². The summed E-state index contributed by atoms with van der Waals surface area (Å²) in [5.41, 5.74) is 0.494. The molecule has 1 aromatic carbocycles. The lowest BCUT2D eigenvalue weighted by Gasteiger charge is -2.44. The van der Waals surface area contributed by atoms with E-state index in [2.05, 4.69) is 15.4 Å². The molecule has 8 heteroatoms. The number of rotatable bonds is 2. The Hall–Kier alpha value is -3.21. The highest BCUT2D eigenvalue weighted by molar-refractivity contribution is 6.14. The van der Waals surface area contributed by atoms with Crippen molar-refractivity contribution in [3.05, 3.63) is 36.4 Å². The van der Waals surface area contributed by atoms with Crippen LogP contribution in [0.5, 0.6) is 0 Å². The predicted octanol–water partition coefficient (Wildman–Crippen LogP) is 1.45. The molecule has 4 rings (SSSR count). The highest BCUT2D eigenvalue weighted by atomic mass is 16.2. The number of para-hydroxylation sites is 2. The number of hydrogen-bond acceptors (Lipinski definition) is 5. The van der Waals surface area contributed by atoms with Crippen molar-refractivity contribution in [3.63, 3.8) is 0 Å². The maximum atomic E-state index is 13.1. The fraction of sp³-hybridized carbons (Fsp3) is 0.353. The third-order valence-electron chi connectivity index (χ3n) is 4.86. The zero-order valence-corrected chi connectivity index (χ0v) is 13.5. The van der Waals surface area contributed by atoms with Crippen molar-refractivity contribution >= 4 is 23.2 Å². The molecule has 2 amide bonds. The summed E-state index contributed by atoms with van der Waals surface area (Å²) >= 11 is 0. The van der Waals surface area contributed by atoms with E-state index in [9.17, 15) is 9.59 Å². The van der Waals surface area contributed by atoms with Crippen LogP contribution in [0.3, 0.4) is 0 Å². The van der Waals surface area contributed by atoms with Crippen molar-refractivity contribution in [1.82, 2.24) is 14.8 Å². The van der Waals surface area contributed by atoms with Crippen LogP contribution in [-0.2, 0) is 16.1 Å². The van der Waals surface area contributed by atoms with Gasteiger partial charge in [-0.15, -0.1) is 5.10 Å². The van der Waals surface area contributed by atoms with Gasteiger partial charge >= 0.3 is 0 Å². The summed E-state index contributed by atoms with van der Waals surface area (Å²) in [7, 11) is 0. The number of carbonyl (C=O) groups is 2. The predicted molar refractivity (Wildman–Crippen MR) is 88.5 cm³/mol. The van der Waals surface area contributed by atoms with E-state index >= 15 is 0 Å². The Labute approximate surface area is 144 Å². The van der Waals surface area contributed by atoms with Gasteiger partial charge in [0.05, 0.1) is 11.4 Å². The topological polar surface area (TPSA) is 104 Å². The number of aromatic nitrogens is 3. The fourth-order valence-electron chi connectivity index (χ4n) is 3.76. The Morgan fingerprint density at radius 2 is 2.08 bits per heavy atom. The molecule has 0 bridgehead atoms. The van der Waals surface area contributed by atoms with Crippen LogP contribution in [0.25, 0.3) is 0 Å². The van der Waals surface area contributed by atoms with E-state index < -0.39 is 5.54 Å². The van der Waals surface area contributed by atoms with Crippen molar-refractivity contribution in [1.29, 1.82) is 5.26 Å². The van der Waals surface area contributed by atoms with E-state index in [4.69, 9.17) is 5.26 Å². The van der Waals surface area contributed by atoms with Gasteiger partial charge in [-0.2, -0.15) is 5.26 Å². The Kier molecular flexibility index (Phi) is 3.50. The molecule has 1 aliphatic carbocycles. The first-order valence-corrected chi connectivity index (χ1v) is 8.17. The van der Waals surface area contributed by atoms with Crippen molar-refractivity contribution in [2.75, 3.05) is 10.2 Å². The largest absolute Gasteiger partial charge is 0.322 e. The average molecular weight is 336 g/mol. The molecular weight excluding hydrogens is 320 g/mol. The Balaban J connectivity index is 1.74. The molecule has 0 unspecified atom stereocenters. The molecule has 0 radical (unpaired) electrons. The Morgan fingerprint density at radius 3 is 2.80 bits per heavy atom. The second-order valence-electron chi connectivity index (χ2n) is 6.32. The standard InChI is InChI=1S/C17H16N6O2/c18-9-14-19-11-22(21-14)10-15(24)23-13-6-2-1-5-12(13)20-16(25)17(23)7-3-4-8-17/h1-2,5-6,11H,3-4,7-8,10H2,(H,20,25). The number of hydrogen-bond donors (Lipinski definition) is 1. The summed E-state index contributed by atoms with van der Waals surface area (Å²) in [6.45, 7) is -0.0714. The molecule has 1 fully saturated rings. The van der Waals surface area contributed by atoms with Gasteiger partial charge in [0.1, 0.15) is 24.5 Å². The number of carbonyl (C=O) groups excluding carboxylic acids is 2. The number of benzene rings is 1. The van der Waals surface area contributed by atoms with E-state index in [0.29, 0.717) is 24.2 Å². The summed E-state index contributed by atoms with van der Waals surface area (Å²) in [5.74, 6) is -0.355. The number of nitrogens with one attached hydrogen (secondary N) is 1. The van der Waals surface area contributed by atoms with Crippen LogP contribution in [0.2, 0.25) is 0 Å². The number of amides is 2. The van der Waals surface area contributed by atoms with Crippen molar-refractivity contribution in [2.24, 2.45) is 0 Å². The number of fused-ring (bicyclic) bond motifs is 1. The van der Waals surface area contributed by atoms with Crippen molar-refractivity contribution in [2.45, 2.75) is 37.8 Å². The van der Waals surface area contributed by atoms with E-state index in [-0.39, 0.29) is 24.2 Å². The average Bonchev–Trinajstić information content (AvgIpc) is 3.26. The molecule has 1 N–H and O–H groups in total. The van der Waals surface area contributed by atoms with Crippen molar-refractivity contribution < 1.29 is 9.59 Å². The van der Waals surface area contributed by atoms with Gasteiger partial charge in [-0.1, -0.05) is 25.0 Å². The van der Waals surface area contributed by atoms with Crippen LogP contribution in [0.4, 0.5) is 11.4 Å². The molecule has 1 saturated carbocycles. The summed E-state index contributed by atoms with van der Waals surface area (Å²) in [6, 6.07) is 9.15. The maximum absolute atomic E-state index is 13.1. The smallest absolute Gasteiger partial charge is 0.252 e. The third kappa shape index (κ3) is 2.36. The normalized spacial score (nSPS) is 17.9. The van der Waals surface area contributed by atoms with Gasteiger partial charge in [0.2, 0.25) is 5.91 Å². The highest BCUT2D eigenvalue weighted by Gasteiger charge is 2.52. The molecule has 2 heterocycles. The van der Waals surface area contributed by atoms with E-state index in [1.165, 1.54) is 11.0 Å². The van der Waals surface area contributed by atoms with Gasteiger partial charge < -0.3 is 5.32 Å². The van der Waals surface area contributed by atoms with Crippen molar-refractivity contribution in [3.8, 4) is 6.07 Å². The van der Waals surface area contributed by atoms with Gasteiger partial charge in [-0.3, -0.25) is 14.5 Å². The number of anilines is 2. The monoisotopic (exact) mass is 336 g/mol. The lowest BCUT2D eigenvalue weighted by Crippen LogP contribution is -2.61. The number of nitriles is 1. The summed E-state index contributed by atoms with van der Waals surface area (Å²) in [6.07, 6.45) is 4.44. The molecule has 1 spiro atoms. The minimum absolute atomic E-state index is 0.0140. The van der Waals surface area contributed by atoms with Crippen LogP contribution in [-0.4, -0.2) is 32.1 Å². The molecule has 1 aliphatic heterocycles. The first-order valence-electron chi connectivity index (χ1n) is 8.17. The number of nitrogens with zero attached hydrogens (tertiary/aromatic N) is 5. The lowest BCUT2D eigenvalue weighted by atomic mass is 9.89. The fourth-order valence-corrected chi connectivity index (χ4v) is 3.76. The minimum Gasteiger partial charge on any atom is -0.322 e. The summed E-state index contributed by atoms with van der Waals surface area (Å²) in [4.78, 5) is 31.4. The molecular formula is C17H16N6O2. The molecule has 0 saturated heterocycles. The van der Waals surface area contributed by atoms with Crippen LogP contribution < -0.4 is 10.2 Å². The SMILES string of the molecule is N#Cc1ncn(CC(=O)N2c3ccccc3NC(=O)C23CCCC3)n1. The van der Waals surface area contributed by atoms with Crippen LogP contribution in [0.15, 0.2) is 30.6 Å². The zero-order chi connectivity index (χ0) is 17.4. The van der Waals surface area contributed by atoms with E-state index in [1.54, 1.807) is 11.0 Å². The molecule has 0 atom stereocenters. The van der Waals surface area contributed by atoms with E-state index in [1.807, 2.05) is 24.3 Å². The first-order chi connectivity index (χ1) is 12.1. The van der Waals surface area contributed by atoms with Crippen LogP contribution >= 0.6 is 0 Å². The lowest BCUT2D eigenvalue weighted by molar-refractivity contribution is -0.127. The van der Waals surface area contributed by atoms with Gasteiger partial charge in [-0.25, -0.2) is 9.67 Å². The van der Waals surface area contributed by atoms with Crippen LogP contribution in [0, 0.1) is 11.3 Å². The van der Waals surface area contributed by atoms with Gasteiger partial charge in [0.15, 0.2) is 0 Å².